The number of hydrogen-bond donors (Lipinski definition) is 1. The third kappa shape index (κ3) is 3.40. The Hall–Kier alpha value is -3.09. The van der Waals surface area contributed by atoms with Gasteiger partial charge in [0.1, 0.15) is 6.54 Å². The normalized spacial score (nSPS) is 11.5. The molecular formula is C18H13F3N2O2. The molecule has 4 nitrogen and oxygen atoms in total. The number of rotatable bonds is 4. The van der Waals surface area contributed by atoms with Gasteiger partial charge in [-0.05, 0) is 18.2 Å². The zero-order chi connectivity index (χ0) is 18.0. The quantitative estimate of drug-likeness (QED) is 0.723. The van der Waals surface area contributed by atoms with Gasteiger partial charge in [-0.1, -0.05) is 30.3 Å². The van der Waals surface area contributed by atoms with E-state index in [4.69, 9.17) is 0 Å². The van der Waals surface area contributed by atoms with Crippen LogP contribution >= 0.6 is 0 Å². The summed E-state index contributed by atoms with van der Waals surface area (Å²) < 4.78 is 40.5. The molecule has 0 spiro atoms. The van der Waals surface area contributed by atoms with E-state index < -0.39 is 17.6 Å². The van der Waals surface area contributed by atoms with E-state index in [9.17, 15) is 22.8 Å². The number of alkyl halides is 3. The van der Waals surface area contributed by atoms with E-state index in [1.165, 1.54) is 29.0 Å². The molecule has 7 heteroatoms. The van der Waals surface area contributed by atoms with Gasteiger partial charge in [-0.2, -0.15) is 13.2 Å². The number of nitrogens with zero attached hydrogens (tertiary/aromatic N) is 1. The zero-order valence-corrected chi connectivity index (χ0v) is 12.9. The highest BCUT2D eigenvalue weighted by atomic mass is 19.4. The van der Waals surface area contributed by atoms with Crippen LogP contribution in [-0.2, 0) is 17.5 Å². The molecule has 3 rings (SSSR count). The van der Waals surface area contributed by atoms with Crippen LogP contribution in [0.1, 0.15) is 15.9 Å². The molecule has 0 saturated heterocycles. The van der Waals surface area contributed by atoms with Gasteiger partial charge in [-0.15, -0.1) is 0 Å². The van der Waals surface area contributed by atoms with E-state index in [0.717, 1.165) is 6.07 Å². The molecule has 128 valence electrons. The molecule has 3 aromatic rings. The lowest BCUT2D eigenvalue weighted by Crippen LogP contribution is -2.20. The van der Waals surface area contributed by atoms with Gasteiger partial charge in [-0.25, -0.2) is 0 Å². The van der Waals surface area contributed by atoms with E-state index in [2.05, 4.69) is 5.32 Å². The minimum absolute atomic E-state index is 0.208. The third-order valence-electron chi connectivity index (χ3n) is 3.77. The predicted molar refractivity (Wildman–Crippen MR) is 87.4 cm³/mol. The smallest absolute Gasteiger partial charge is 0.337 e. The van der Waals surface area contributed by atoms with Gasteiger partial charge in [0.05, 0.1) is 11.3 Å². The summed E-state index contributed by atoms with van der Waals surface area (Å²) in [6.07, 6.45) is -2.38. The third-order valence-corrected chi connectivity index (χ3v) is 3.77. The predicted octanol–water partition coefficient (Wildman–Crippen LogP) is 4.11. The van der Waals surface area contributed by atoms with Crippen molar-refractivity contribution in [2.24, 2.45) is 0 Å². The van der Waals surface area contributed by atoms with Crippen molar-refractivity contribution in [2.45, 2.75) is 12.7 Å². The van der Waals surface area contributed by atoms with Gasteiger partial charge in [0.2, 0.25) is 5.91 Å². The first-order chi connectivity index (χ1) is 11.9. The Labute approximate surface area is 140 Å². The van der Waals surface area contributed by atoms with Crippen LogP contribution in [0.5, 0.6) is 0 Å². The number of carbonyl (C=O) groups is 2. The number of benzene rings is 2. The largest absolute Gasteiger partial charge is 0.418 e. The van der Waals surface area contributed by atoms with Crippen LogP contribution in [0.25, 0.3) is 10.9 Å². The Balaban J connectivity index is 1.87. The maximum absolute atomic E-state index is 13.0. The van der Waals surface area contributed by atoms with Crippen molar-refractivity contribution in [1.29, 1.82) is 0 Å². The number of aldehydes is 1. The highest BCUT2D eigenvalue weighted by molar-refractivity contribution is 5.99. The molecule has 0 atom stereocenters. The number of nitrogens with one attached hydrogen (secondary N) is 1. The first-order valence-electron chi connectivity index (χ1n) is 7.39. The lowest BCUT2D eigenvalue weighted by atomic mass is 10.1. The second kappa shape index (κ2) is 6.43. The highest BCUT2D eigenvalue weighted by Gasteiger charge is 2.33. The summed E-state index contributed by atoms with van der Waals surface area (Å²) in [5.74, 6) is -0.616. The van der Waals surface area contributed by atoms with Gasteiger partial charge >= 0.3 is 6.18 Å². The number of amides is 1. The van der Waals surface area contributed by atoms with Crippen LogP contribution in [0.3, 0.4) is 0 Å². The molecule has 25 heavy (non-hydrogen) atoms. The van der Waals surface area contributed by atoms with Gasteiger partial charge in [-0.3, -0.25) is 9.59 Å². The minimum Gasteiger partial charge on any atom is -0.337 e. The molecule has 0 aliphatic carbocycles. The molecule has 0 unspecified atom stereocenters. The lowest BCUT2D eigenvalue weighted by Gasteiger charge is -2.14. The van der Waals surface area contributed by atoms with Crippen molar-refractivity contribution < 1.29 is 22.8 Å². The van der Waals surface area contributed by atoms with Gasteiger partial charge in [0, 0.05) is 22.7 Å². The fraction of sp³-hybridized carbons (Fsp3) is 0.111. The van der Waals surface area contributed by atoms with Gasteiger partial charge < -0.3 is 9.88 Å². The van der Waals surface area contributed by atoms with Crippen molar-refractivity contribution in [2.75, 3.05) is 5.32 Å². The van der Waals surface area contributed by atoms with E-state index in [-0.39, 0.29) is 12.2 Å². The summed E-state index contributed by atoms with van der Waals surface area (Å²) >= 11 is 0. The molecule has 0 saturated carbocycles. The molecule has 1 N–H and O–H groups in total. The van der Waals surface area contributed by atoms with E-state index in [1.54, 1.807) is 24.3 Å². The zero-order valence-electron chi connectivity index (χ0n) is 12.9. The molecule has 0 bridgehead atoms. The van der Waals surface area contributed by atoms with E-state index >= 15 is 0 Å². The number of hydrogen-bond acceptors (Lipinski definition) is 2. The van der Waals surface area contributed by atoms with Crippen LogP contribution in [-0.4, -0.2) is 16.8 Å². The molecule has 2 aromatic carbocycles. The lowest BCUT2D eigenvalue weighted by molar-refractivity contribution is -0.137. The van der Waals surface area contributed by atoms with Gasteiger partial charge in [0.15, 0.2) is 6.29 Å². The molecule has 0 aliphatic heterocycles. The van der Waals surface area contributed by atoms with Crippen LogP contribution in [0.15, 0.2) is 54.7 Å². The Bertz CT molecular complexity index is 945. The molecule has 1 aromatic heterocycles. The summed E-state index contributed by atoms with van der Waals surface area (Å²) in [4.78, 5) is 23.3. The molecule has 0 radical (unpaired) electrons. The topological polar surface area (TPSA) is 51.1 Å². The minimum atomic E-state index is -4.56. The molecular weight excluding hydrogens is 333 g/mol. The van der Waals surface area contributed by atoms with Crippen molar-refractivity contribution in [3.63, 3.8) is 0 Å². The van der Waals surface area contributed by atoms with Crippen molar-refractivity contribution in [3.8, 4) is 0 Å². The fourth-order valence-electron chi connectivity index (χ4n) is 2.68. The number of fused-ring (bicyclic) bond motifs is 1. The summed E-state index contributed by atoms with van der Waals surface area (Å²) in [5.41, 5.74) is -0.135. The Morgan fingerprint density at radius 2 is 1.76 bits per heavy atom. The van der Waals surface area contributed by atoms with Crippen molar-refractivity contribution >= 4 is 28.8 Å². The first kappa shape index (κ1) is 16.8. The first-order valence-corrected chi connectivity index (χ1v) is 7.39. The van der Waals surface area contributed by atoms with Crippen LogP contribution in [0.4, 0.5) is 18.9 Å². The van der Waals surface area contributed by atoms with Crippen LogP contribution in [0.2, 0.25) is 0 Å². The average Bonchev–Trinajstić information content (AvgIpc) is 2.92. The fourth-order valence-corrected chi connectivity index (χ4v) is 2.68. The Kier molecular flexibility index (Phi) is 4.31. The van der Waals surface area contributed by atoms with Crippen LogP contribution < -0.4 is 5.32 Å². The monoisotopic (exact) mass is 346 g/mol. The van der Waals surface area contributed by atoms with Crippen LogP contribution in [0, 0.1) is 0 Å². The SMILES string of the molecule is O=Cc1cn(CC(=O)Nc2ccccc2C(F)(F)F)c2ccccc12. The molecule has 0 aliphatic rings. The standard InChI is InChI=1S/C18H13F3N2O2/c19-18(20,21)14-6-2-3-7-15(14)22-17(25)10-23-9-12(11-24)13-5-1-4-8-16(13)23/h1-9,11H,10H2,(H,22,25). The number of para-hydroxylation sites is 2. The molecule has 1 amide bonds. The second-order valence-corrected chi connectivity index (χ2v) is 5.44. The summed E-state index contributed by atoms with van der Waals surface area (Å²) in [6.45, 7) is -0.208. The highest BCUT2D eigenvalue weighted by Crippen LogP contribution is 2.34. The average molecular weight is 346 g/mol. The molecule has 1 heterocycles. The Morgan fingerprint density at radius 1 is 1.08 bits per heavy atom. The second-order valence-electron chi connectivity index (χ2n) is 5.44. The maximum Gasteiger partial charge on any atom is 0.418 e. The molecule has 0 fully saturated rings. The van der Waals surface area contributed by atoms with Gasteiger partial charge in [0.25, 0.3) is 0 Å². The summed E-state index contributed by atoms with van der Waals surface area (Å²) in [7, 11) is 0. The summed E-state index contributed by atoms with van der Waals surface area (Å²) in [5, 5.41) is 2.97. The number of carbonyl (C=O) groups excluding carboxylic acids is 2. The van der Waals surface area contributed by atoms with E-state index in [0.29, 0.717) is 22.8 Å². The number of aromatic nitrogens is 1. The van der Waals surface area contributed by atoms with Crippen molar-refractivity contribution in [3.05, 3.63) is 65.9 Å². The number of anilines is 1. The Morgan fingerprint density at radius 3 is 2.48 bits per heavy atom. The van der Waals surface area contributed by atoms with E-state index in [1.807, 2.05) is 0 Å². The van der Waals surface area contributed by atoms with Crippen molar-refractivity contribution in [1.82, 2.24) is 4.57 Å². The number of halogens is 3. The maximum atomic E-state index is 13.0. The summed E-state index contributed by atoms with van der Waals surface area (Å²) in [6, 6.07) is 11.8.